The van der Waals surface area contributed by atoms with Crippen LogP contribution in [0.4, 0.5) is 5.69 Å². The van der Waals surface area contributed by atoms with Gasteiger partial charge in [-0.15, -0.1) is 0 Å². The first-order valence-electron chi connectivity index (χ1n) is 38.3. The summed E-state index contributed by atoms with van der Waals surface area (Å²) in [5.41, 5.74) is 31.4. The van der Waals surface area contributed by atoms with Crippen molar-refractivity contribution < 1.29 is 0 Å². The Morgan fingerprint density at radius 2 is 0.510 bits per heavy atom. The SMILES string of the molecule is CC.CC.CC.CC.CC.CC.CC.CC.CC.CC.CC.CCN(Cc1ccc2c(c1)C1(c3ccccc3C2)c2ccccc2-c2ccccc21)c1ccc2c(c1)C1(c3ccccc3C2)c2ccccc2-c2ccccc21.Cc1ccccc1.c1ccc2c(c1)Cc1ccccc1-2. The van der Waals surface area contributed by atoms with Crippen molar-refractivity contribution in [2.75, 3.05) is 11.4 Å². The van der Waals surface area contributed by atoms with Crippen LogP contribution < -0.4 is 4.90 Å². The summed E-state index contributed by atoms with van der Waals surface area (Å²) in [6.07, 6.45) is 3.00. The van der Waals surface area contributed by atoms with E-state index in [2.05, 4.69) is 261 Å². The second kappa shape index (κ2) is 44.2. The van der Waals surface area contributed by atoms with E-state index >= 15 is 0 Å². The van der Waals surface area contributed by atoms with Crippen molar-refractivity contribution in [3.63, 3.8) is 0 Å². The van der Waals surface area contributed by atoms with Crippen LogP contribution in [0.5, 0.6) is 0 Å². The predicted molar refractivity (Wildman–Crippen MR) is 441 cm³/mol. The molecule has 518 valence electrons. The maximum atomic E-state index is 2.59. The summed E-state index contributed by atoms with van der Waals surface area (Å²) in [4.78, 5) is 2.59. The summed E-state index contributed by atoms with van der Waals surface area (Å²) in [7, 11) is 0. The molecule has 2 spiro atoms. The zero-order valence-electron chi connectivity index (χ0n) is 65.3. The lowest BCUT2D eigenvalue weighted by atomic mass is 9.61. The van der Waals surface area contributed by atoms with Gasteiger partial charge in [0.1, 0.15) is 0 Å². The molecule has 0 unspecified atom stereocenters. The molecule has 11 aromatic rings. The molecular weight excluding hydrogens is 1180 g/mol. The zero-order chi connectivity index (χ0) is 72.8. The second-order valence-electron chi connectivity index (χ2n) is 21.3. The highest BCUT2D eigenvalue weighted by atomic mass is 15.1. The largest absolute Gasteiger partial charge is 0.367 e. The van der Waals surface area contributed by atoms with Gasteiger partial charge >= 0.3 is 0 Å². The Kier molecular flexibility index (Phi) is 37.6. The van der Waals surface area contributed by atoms with Crippen molar-refractivity contribution in [1.29, 1.82) is 0 Å². The third kappa shape index (κ3) is 17.0. The zero-order valence-corrected chi connectivity index (χ0v) is 65.3. The molecule has 0 aliphatic heterocycles. The Hall–Kier alpha value is -8.78. The average molecular weight is 1310 g/mol. The number of hydrogen-bond donors (Lipinski definition) is 0. The highest BCUT2D eigenvalue weighted by Crippen LogP contribution is 2.61. The Bertz CT molecular complexity index is 3890. The molecule has 98 heavy (non-hydrogen) atoms. The van der Waals surface area contributed by atoms with Crippen LogP contribution in [0.3, 0.4) is 0 Å². The van der Waals surface area contributed by atoms with E-state index in [0.717, 1.165) is 32.4 Å². The van der Waals surface area contributed by atoms with Crippen LogP contribution in [0.25, 0.3) is 33.4 Å². The van der Waals surface area contributed by atoms with E-state index in [1.165, 1.54) is 128 Å². The molecule has 0 saturated carbocycles. The number of fused-ring (bicyclic) bond motifs is 21. The number of aryl methyl sites for hydroxylation is 1. The molecule has 11 aromatic carbocycles. The number of benzene rings is 11. The molecule has 0 bridgehead atoms. The Morgan fingerprint density at radius 1 is 0.245 bits per heavy atom. The van der Waals surface area contributed by atoms with Crippen LogP contribution >= 0.6 is 0 Å². The smallest absolute Gasteiger partial charge is 0.0719 e. The lowest BCUT2D eigenvalue weighted by Crippen LogP contribution is -2.35. The van der Waals surface area contributed by atoms with Crippen LogP contribution in [-0.4, -0.2) is 6.54 Å². The molecule has 0 heterocycles. The minimum Gasteiger partial charge on any atom is -0.367 e. The minimum absolute atomic E-state index is 0.348. The molecule has 1 heteroatoms. The van der Waals surface area contributed by atoms with Crippen LogP contribution in [0.2, 0.25) is 0 Å². The van der Waals surface area contributed by atoms with E-state index in [9.17, 15) is 0 Å². The summed E-state index contributed by atoms with van der Waals surface area (Å²) in [6.45, 7) is 50.1. The molecule has 16 rings (SSSR count). The van der Waals surface area contributed by atoms with Crippen LogP contribution in [0, 0.1) is 6.92 Å². The quantitative estimate of drug-likeness (QED) is 0.170. The Labute approximate surface area is 599 Å². The van der Waals surface area contributed by atoms with Crippen molar-refractivity contribution >= 4 is 5.69 Å². The first-order valence-corrected chi connectivity index (χ1v) is 38.3. The highest BCUT2D eigenvalue weighted by Gasteiger charge is 2.51. The number of rotatable bonds is 4. The standard InChI is InChI=1S/C55H41N.C13H10.C7H8.11C2H6/c1-2-56(41-30-29-40-33-38-16-4-10-22-47(38)55(53(40)34-41)50-25-13-7-19-44(50)45-20-8-14-26-51(45)55)35-36-27-28-39-32-37-15-3-9-21-46(37)54(52(39)31-36)48-23-11-5-17-42(48)43-18-6-12-24-49(43)54;1-3-7-12-10(5-1)9-11-6-2-4-8-13(11)12;1-7-5-3-2-4-6-7;11*1-2/h3-31,34H,2,32-33,35H2,1H3;1-8H,9H2;2-6H,1H3;11*1-2H3. The highest BCUT2D eigenvalue weighted by molar-refractivity contribution is 5.90. The second-order valence-corrected chi connectivity index (χ2v) is 21.3. The molecule has 0 N–H and O–H groups in total. The van der Waals surface area contributed by atoms with E-state index in [1.807, 2.05) is 171 Å². The first kappa shape index (κ1) is 83.4. The minimum atomic E-state index is -0.359. The molecule has 5 aliphatic carbocycles. The third-order valence-corrected chi connectivity index (χ3v) is 17.4. The van der Waals surface area contributed by atoms with Gasteiger partial charge in [0.2, 0.25) is 0 Å². The monoisotopic (exact) mass is 1300 g/mol. The molecular formula is C97H125N. The first-order chi connectivity index (χ1) is 48.5. The summed E-state index contributed by atoms with van der Waals surface area (Å²) in [5, 5.41) is 0. The van der Waals surface area contributed by atoms with Crippen LogP contribution in [0.15, 0.2) is 261 Å². The van der Waals surface area contributed by atoms with Gasteiger partial charge < -0.3 is 4.90 Å². The van der Waals surface area contributed by atoms with Gasteiger partial charge in [0, 0.05) is 18.8 Å². The predicted octanol–water partition coefficient (Wildman–Crippen LogP) is 28.8. The van der Waals surface area contributed by atoms with E-state index in [4.69, 9.17) is 0 Å². The summed E-state index contributed by atoms with van der Waals surface area (Å²) in [6, 6.07) is 97.2. The van der Waals surface area contributed by atoms with Gasteiger partial charge in [-0.25, -0.2) is 0 Å². The molecule has 1 nitrogen and oxygen atoms in total. The van der Waals surface area contributed by atoms with Crippen LogP contribution in [-0.2, 0) is 36.6 Å². The topological polar surface area (TPSA) is 3.24 Å². The summed E-state index contributed by atoms with van der Waals surface area (Å²) >= 11 is 0. The maximum Gasteiger partial charge on any atom is 0.0719 e. The number of nitrogens with zero attached hydrogens (tertiary/aromatic N) is 1. The Morgan fingerprint density at radius 3 is 0.847 bits per heavy atom. The lowest BCUT2D eigenvalue weighted by molar-refractivity contribution is 0.714. The van der Waals surface area contributed by atoms with Gasteiger partial charge in [-0.1, -0.05) is 407 Å². The molecule has 0 radical (unpaired) electrons. The van der Waals surface area contributed by atoms with Crippen LogP contribution in [0.1, 0.15) is 248 Å². The molecule has 0 fully saturated rings. The van der Waals surface area contributed by atoms with Gasteiger partial charge in [-0.05, 0) is 162 Å². The van der Waals surface area contributed by atoms with Gasteiger partial charge in [-0.2, -0.15) is 0 Å². The maximum absolute atomic E-state index is 2.59. The van der Waals surface area contributed by atoms with Gasteiger partial charge in [-0.3, -0.25) is 0 Å². The number of hydrogen-bond acceptors (Lipinski definition) is 1. The fourth-order valence-electron chi connectivity index (χ4n) is 14.1. The van der Waals surface area contributed by atoms with Crippen molar-refractivity contribution in [3.8, 4) is 33.4 Å². The lowest BCUT2D eigenvalue weighted by Gasteiger charge is -2.41. The normalized spacial score (nSPS) is 11.6. The molecule has 0 aromatic heterocycles. The van der Waals surface area contributed by atoms with Gasteiger partial charge in [0.15, 0.2) is 0 Å². The molecule has 0 atom stereocenters. The molecule has 0 saturated heterocycles. The van der Waals surface area contributed by atoms with E-state index in [0.29, 0.717) is 0 Å². The molecule has 5 aliphatic rings. The van der Waals surface area contributed by atoms with Crippen molar-refractivity contribution in [2.45, 2.75) is 203 Å². The fourth-order valence-corrected chi connectivity index (χ4v) is 14.1. The van der Waals surface area contributed by atoms with E-state index in [-0.39, 0.29) is 10.8 Å². The average Bonchev–Trinajstić information content (AvgIpc) is 1.44. The van der Waals surface area contributed by atoms with Crippen molar-refractivity contribution in [2.24, 2.45) is 0 Å². The van der Waals surface area contributed by atoms with Gasteiger partial charge in [0.05, 0.1) is 10.8 Å². The molecule has 0 amide bonds. The fraction of sp³-hybridized carbons (Fsp3) is 0.320. The van der Waals surface area contributed by atoms with Crippen molar-refractivity contribution in [1.82, 2.24) is 0 Å². The Balaban J connectivity index is 0.000000491. The van der Waals surface area contributed by atoms with Crippen molar-refractivity contribution in [3.05, 3.63) is 350 Å². The summed E-state index contributed by atoms with van der Waals surface area (Å²) < 4.78 is 0. The number of anilines is 1. The van der Waals surface area contributed by atoms with E-state index < -0.39 is 0 Å². The summed E-state index contributed by atoms with van der Waals surface area (Å²) in [5.74, 6) is 0. The third-order valence-electron chi connectivity index (χ3n) is 17.4. The van der Waals surface area contributed by atoms with Gasteiger partial charge in [0.25, 0.3) is 0 Å². The van der Waals surface area contributed by atoms with E-state index in [1.54, 1.807) is 0 Å².